The van der Waals surface area contributed by atoms with E-state index in [4.69, 9.17) is 9.47 Å². The molecular formula is C29H38N4O4. The third-order valence-corrected chi connectivity index (χ3v) is 6.76. The third-order valence-electron chi connectivity index (χ3n) is 6.76. The summed E-state index contributed by atoms with van der Waals surface area (Å²) in [4.78, 5) is 20.4. The second-order valence-electron chi connectivity index (χ2n) is 9.72. The molecule has 1 aliphatic rings. The molecule has 2 aromatic heterocycles. The number of ether oxygens (including phenoxy) is 2. The van der Waals surface area contributed by atoms with Crippen molar-refractivity contribution in [3.63, 3.8) is 0 Å². The molecular weight excluding hydrogens is 468 g/mol. The first-order chi connectivity index (χ1) is 18.0. The van der Waals surface area contributed by atoms with Crippen LogP contribution in [0.4, 0.5) is 5.69 Å². The van der Waals surface area contributed by atoms with E-state index < -0.39 is 12.0 Å². The van der Waals surface area contributed by atoms with E-state index in [0.29, 0.717) is 57.5 Å². The van der Waals surface area contributed by atoms with Gasteiger partial charge in [-0.25, -0.2) is 0 Å². The average Bonchev–Trinajstić information content (AvgIpc) is 3.36. The van der Waals surface area contributed by atoms with Gasteiger partial charge in [0.15, 0.2) is 0 Å². The van der Waals surface area contributed by atoms with Crippen LogP contribution >= 0.6 is 0 Å². The fraction of sp³-hybridized carbons (Fsp3) is 0.483. The lowest BCUT2D eigenvalue weighted by Crippen LogP contribution is -2.41. The second kappa shape index (κ2) is 12.9. The van der Waals surface area contributed by atoms with Crippen molar-refractivity contribution >= 4 is 11.6 Å². The molecule has 8 nitrogen and oxygen atoms in total. The largest absolute Gasteiger partial charge is 0.392 e. The quantitative estimate of drug-likeness (QED) is 0.373. The van der Waals surface area contributed by atoms with Crippen molar-refractivity contribution in [1.82, 2.24) is 14.8 Å². The van der Waals surface area contributed by atoms with Crippen LogP contribution in [0.1, 0.15) is 61.4 Å². The van der Waals surface area contributed by atoms with Crippen LogP contribution in [0, 0.1) is 0 Å². The zero-order valence-electron chi connectivity index (χ0n) is 22.0. The van der Waals surface area contributed by atoms with E-state index in [0.717, 1.165) is 28.8 Å². The van der Waals surface area contributed by atoms with Crippen molar-refractivity contribution in [2.24, 2.45) is 0 Å². The SMILES string of the molecule is CCOCCOCCn1cc(CN(C(=O)C2c3ccccc3CCC2O)c2ccc(C(C)C)nc2)cn1. The molecule has 1 amide bonds. The van der Waals surface area contributed by atoms with E-state index in [1.807, 2.05) is 54.2 Å². The van der Waals surface area contributed by atoms with Crippen molar-refractivity contribution in [3.05, 3.63) is 77.4 Å². The molecule has 2 heterocycles. The number of fused-ring (bicyclic) bond motifs is 1. The number of hydrogen-bond donors (Lipinski definition) is 1. The maximum Gasteiger partial charge on any atom is 0.237 e. The van der Waals surface area contributed by atoms with Crippen LogP contribution in [0.3, 0.4) is 0 Å². The molecule has 0 saturated heterocycles. The first kappa shape index (κ1) is 27.0. The summed E-state index contributed by atoms with van der Waals surface area (Å²) in [6.45, 7) is 9.43. The first-order valence-electron chi connectivity index (χ1n) is 13.2. The number of pyridine rings is 1. The minimum Gasteiger partial charge on any atom is -0.392 e. The number of hydrogen-bond acceptors (Lipinski definition) is 6. The maximum atomic E-state index is 14.1. The molecule has 3 aromatic rings. The summed E-state index contributed by atoms with van der Waals surface area (Å²) in [6.07, 6.45) is 6.07. The second-order valence-corrected chi connectivity index (χ2v) is 9.72. The van der Waals surface area contributed by atoms with Crippen molar-refractivity contribution < 1.29 is 19.4 Å². The van der Waals surface area contributed by atoms with Gasteiger partial charge in [-0.15, -0.1) is 0 Å². The fourth-order valence-corrected chi connectivity index (χ4v) is 4.72. The van der Waals surface area contributed by atoms with Gasteiger partial charge in [0.05, 0.1) is 63.0 Å². The number of aryl methyl sites for hydroxylation is 1. The summed E-state index contributed by atoms with van der Waals surface area (Å²) in [5.74, 6) is -0.464. The zero-order chi connectivity index (χ0) is 26.2. The zero-order valence-corrected chi connectivity index (χ0v) is 22.0. The molecule has 1 N–H and O–H groups in total. The predicted molar refractivity (Wildman–Crippen MR) is 143 cm³/mol. The number of rotatable bonds is 12. The van der Waals surface area contributed by atoms with E-state index in [1.165, 1.54) is 0 Å². The molecule has 198 valence electrons. The highest BCUT2D eigenvalue weighted by Gasteiger charge is 2.37. The molecule has 2 atom stereocenters. The topological polar surface area (TPSA) is 89.7 Å². The molecule has 2 unspecified atom stereocenters. The monoisotopic (exact) mass is 506 g/mol. The Morgan fingerprint density at radius 1 is 1.14 bits per heavy atom. The van der Waals surface area contributed by atoms with Crippen LogP contribution in [0.2, 0.25) is 0 Å². The highest BCUT2D eigenvalue weighted by molar-refractivity contribution is 5.98. The molecule has 4 rings (SSSR count). The molecule has 0 radical (unpaired) electrons. The Morgan fingerprint density at radius 3 is 2.70 bits per heavy atom. The van der Waals surface area contributed by atoms with E-state index in [1.54, 1.807) is 17.3 Å². The van der Waals surface area contributed by atoms with E-state index >= 15 is 0 Å². The smallest absolute Gasteiger partial charge is 0.237 e. The number of aliphatic hydroxyl groups is 1. The molecule has 37 heavy (non-hydrogen) atoms. The molecule has 0 aliphatic heterocycles. The van der Waals surface area contributed by atoms with Gasteiger partial charge in [0.1, 0.15) is 0 Å². The van der Waals surface area contributed by atoms with Crippen molar-refractivity contribution in [3.8, 4) is 0 Å². The minimum absolute atomic E-state index is 0.134. The van der Waals surface area contributed by atoms with Crippen molar-refractivity contribution in [1.29, 1.82) is 0 Å². The molecule has 0 fully saturated rings. The summed E-state index contributed by atoms with van der Waals surface area (Å²) in [6, 6.07) is 11.8. The fourth-order valence-electron chi connectivity index (χ4n) is 4.72. The van der Waals surface area contributed by atoms with Gasteiger partial charge >= 0.3 is 0 Å². The Hall–Kier alpha value is -3.07. The molecule has 1 aromatic carbocycles. The van der Waals surface area contributed by atoms with Crippen LogP contribution in [0.15, 0.2) is 55.0 Å². The van der Waals surface area contributed by atoms with Crippen LogP contribution in [0.25, 0.3) is 0 Å². The van der Waals surface area contributed by atoms with Gasteiger partial charge in [-0.2, -0.15) is 5.10 Å². The maximum absolute atomic E-state index is 14.1. The lowest BCUT2D eigenvalue weighted by atomic mass is 9.80. The summed E-state index contributed by atoms with van der Waals surface area (Å²) < 4.78 is 12.7. The summed E-state index contributed by atoms with van der Waals surface area (Å²) >= 11 is 0. The van der Waals surface area contributed by atoms with Gasteiger partial charge < -0.3 is 19.5 Å². The minimum atomic E-state index is -0.732. The predicted octanol–water partition coefficient (Wildman–Crippen LogP) is 4.08. The molecule has 0 bridgehead atoms. The number of aliphatic hydroxyl groups excluding tert-OH is 1. The molecule has 0 saturated carbocycles. The number of aromatic nitrogens is 3. The van der Waals surface area contributed by atoms with Gasteiger partial charge in [0.25, 0.3) is 0 Å². The van der Waals surface area contributed by atoms with Crippen LogP contribution in [-0.2, 0) is 33.8 Å². The summed E-state index contributed by atoms with van der Waals surface area (Å²) in [5, 5.41) is 15.4. The van der Waals surface area contributed by atoms with Crippen LogP contribution in [0.5, 0.6) is 0 Å². The average molecular weight is 507 g/mol. The highest BCUT2D eigenvalue weighted by Crippen LogP contribution is 2.35. The first-order valence-corrected chi connectivity index (χ1v) is 13.2. The van der Waals surface area contributed by atoms with Gasteiger partial charge in [-0.3, -0.25) is 14.5 Å². The standard InChI is InChI=1S/C29H38N4O4/c1-4-36-15-16-37-14-13-32-19-22(17-31-32)20-33(24-10-11-26(21(2)3)30-18-24)29(35)28-25-8-6-5-7-23(25)9-12-27(28)34/h5-8,10-11,17-19,21,27-28,34H,4,9,12-16,20H2,1-3H3. The number of nitrogens with zero attached hydrogens (tertiary/aromatic N) is 4. The molecule has 8 heteroatoms. The summed E-state index contributed by atoms with van der Waals surface area (Å²) in [5.41, 5.74) is 4.60. The molecule has 0 spiro atoms. The van der Waals surface area contributed by atoms with Crippen LogP contribution < -0.4 is 4.90 Å². The van der Waals surface area contributed by atoms with E-state index in [-0.39, 0.29) is 5.91 Å². The van der Waals surface area contributed by atoms with Crippen molar-refractivity contribution in [2.75, 3.05) is 31.3 Å². The number of carbonyl (C=O) groups is 1. The Balaban J connectivity index is 1.54. The molecule has 1 aliphatic carbocycles. The van der Waals surface area contributed by atoms with Gasteiger partial charge in [-0.05, 0) is 48.9 Å². The number of amides is 1. The Kier molecular flexibility index (Phi) is 9.44. The Morgan fingerprint density at radius 2 is 1.95 bits per heavy atom. The lowest BCUT2D eigenvalue weighted by Gasteiger charge is -2.34. The number of benzene rings is 1. The van der Waals surface area contributed by atoms with Gasteiger partial charge in [0.2, 0.25) is 5.91 Å². The number of carbonyl (C=O) groups excluding carboxylic acids is 1. The van der Waals surface area contributed by atoms with E-state index in [9.17, 15) is 9.90 Å². The van der Waals surface area contributed by atoms with Crippen molar-refractivity contribution in [2.45, 2.75) is 64.6 Å². The van der Waals surface area contributed by atoms with Gasteiger partial charge in [-0.1, -0.05) is 38.1 Å². The summed E-state index contributed by atoms with van der Waals surface area (Å²) in [7, 11) is 0. The van der Waals surface area contributed by atoms with E-state index in [2.05, 4.69) is 23.9 Å². The third kappa shape index (κ3) is 6.83. The Bertz CT molecular complexity index is 1140. The highest BCUT2D eigenvalue weighted by atomic mass is 16.5. The van der Waals surface area contributed by atoms with Crippen LogP contribution in [-0.4, -0.2) is 58.3 Å². The Labute approximate surface area is 219 Å². The number of anilines is 1. The van der Waals surface area contributed by atoms with Gasteiger partial charge in [0, 0.05) is 24.1 Å². The normalized spacial score (nSPS) is 17.1. The lowest BCUT2D eigenvalue weighted by molar-refractivity contribution is -0.123.